The SMILES string of the molecule is COc1ccc(/C=C(\NC(=O)c2ccc(F)cc2P)C(=O)NCCO)cc1. The molecule has 0 aliphatic heterocycles. The Labute approximate surface area is 158 Å². The van der Waals surface area contributed by atoms with Crippen LogP contribution in [-0.4, -0.2) is 37.2 Å². The quantitative estimate of drug-likeness (QED) is 0.490. The zero-order valence-electron chi connectivity index (χ0n) is 14.7. The lowest BCUT2D eigenvalue weighted by atomic mass is 10.1. The molecule has 1 unspecified atom stereocenters. The summed E-state index contributed by atoms with van der Waals surface area (Å²) < 4.78 is 18.3. The maximum absolute atomic E-state index is 13.2. The molecule has 1 atom stereocenters. The van der Waals surface area contributed by atoms with Crippen LogP contribution in [-0.2, 0) is 4.79 Å². The van der Waals surface area contributed by atoms with Gasteiger partial charge in [0, 0.05) is 12.1 Å². The fraction of sp³-hybridized carbons (Fsp3) is 0.158. The summed E-state index contributed by atoms with van der Waals surface area (Å²) in [6.07, 6.45) is 1.50. The molecule has 0 aromatic heterocycles. The highest BCUT2D eigenvalue weighted by molar-refractivity contribution is 7.27. The molecule has 8 heteroatoms. The van der Waals surface area contributed by atoms with E-state index in [0.29, 0.717) is 16.6 Å². The highest BCUT2D eigenvalue weighted by Gasteiger charge is 2.16. The Hall–Kier alpha value is -2.76. The minimum absolute atomic E-state index is 0.00709. The predicted octanol–water partition coefficient (Wildman–Crippen LogP) is 1.21. The Balaban J connectivity index is 2.29. The topological polar surface area (TPSA) is 87.7 Å². The maximum Gasteiger partial charge on any atom is 0.267 e. The van der Waals surface area contributed by atoms with Crippen LogP contribution in [0, 0.1) is 5.82 Å². The Kier molecular flexibility index (Phi) is 7.46. The lowest BCUT2D eigenvalue weighted by Gasteiger charge is -2.12. The van der Waals surface area contributed by atoms with E-state index in [0.717, 1.165) is 0 Å². The average molecular weight is 390 g/mol. The Bertz CT molecular complexity index is 853. The van der Waals surface area contributed by atoms with Crippen molar-refractivity contribution < 1.29 is 23.8 Å². The molecule has 0 radical (unpaired) electrons. The first-order valence-electron chi connectivity index (χ1n) is 8.05. The summed E-state index contributed by atoms with van der Waals surface area (Å²) in [5, 5.41) is 14.3. The Morgan fingerprint density at radius 3 is 2.52 bits per heavy atom. The molecule has 0 spiro atoms. The lowest BCUT2D eigenvalue weighted by molar-refractivity contribution is -0.117. The van der Waals surface area contributed by atoms with Gasteiger partial charge >= 0.3 is 0 Å². The van der Waals surface area contributed by atoms with Gasteiger partial charge in [0.1, 0.15) is 17.3 Å². The second-order valence-electron chi connectivity index (χ2n) is 5.50. The number of ether oxygens (including phenoxy) is 1. The van der Waals surface area contributed by atoms with E-state index in [1.807, 2.05) is 0 Å². The first-order chi connectivity index (χ1) is 12.9. The van der Waals surface area contributed by atoms with Crippen LogP contribution in [0.2, 0.25) is 0 Å². The summed E-state index contributed by atoms with van der Waals surface area (Å²) >= 11 is 0. The minimum Gasteiger partial charge on any atom is -0.497 e. The van der Waals surface area contributed by atoms with Gasteiger partial charge in [-0.05, 0) is 47.3 Å². The van der Waals surface area contributed by atoms with Crippen molar-refractivity contribution in [1.29, 1.82) is 0 Å². The number of rotatable bonds is 7. The van der Waals surface area contributed by atoms with Crippen LogP contribution >= 0.6 is 9.24 Å². The number of benzene rings is 2. The van der Waals surface area contributed by atoms with Crippen LogP contribution in [0.15, 0.2) is 48.2 Å². The van der Waals surface area contributed by atoms with Gasteiger partial charge in [-0.25, -0.2) is 4.39 Å². The zero-order chi connectivity index (χ0) is 19.8. The number of hydrogen-bond acceptors (Lipinski definition) is 4. The smallest absolute Gasteiger partial charge is 0.267 e. The summed E-state index contributed by atoms with van der Waals surface area (Å²) in [7, 11) is 3.83. The van der Waals surface area contributed by atoms with E-state index < -0.39 is 17.6 Å². The van der Waals surface area contributed by atoms with Crippen LogP contribution in [0.3, 0.4) is 0 Å². The molecule has 27 heavy (non-hydrogen) atoms. The molecule has 0 fully saturated rings. The van der Waals surface area contributed by atoms with Crippen molar-refractivity contribution in [2.75, 3.05) is 20.3 Å². The minimum atomic E-state index is -0.557. The van der Waals surface area contributed by atoms with Crippen LogP contribution in [0.25, 0.3) is 6.08 Å². The van der Waals surface area contributed by atoms with E-state index in [9.17, 15) is 14.0 Å². The molecule has 0 aliphatic carbocycles. The van der Waals surface area contributed by atoms with Gasteiger partial charge < -0.3 is 20.5 Å². The van der Waals surface area contributed by atoms with Crippen molar-refractivity contribution >= 4 is 32.4 Å². The maximum atomic E-state index is 13.2. The molecule has 6 nitrogen and oxygen atoms in total. The molecule has 2 aromatic carbocycles. The summed E-state index contributed by atoms with van der Waals surface area (Å²) in [4.78, 5) is 24.9. The largest absolute Gasteiger partial charge is 0.497 e. The lowest BCUT2D eigenvalue weighted by Crippen LogP contribution is -2.37. The molecular weight excluding hydrogens is 370 g/mol. The molecule has 0 heterocycles. The fourth-order valence-electron chi connectivity index (χ4n) is 2.22. The average Bonchev–Trinajstić information content (AvgIpc) is 2.66. The van der Waals surface area contributed by atoms with Crippen LogP contribution < -0.4 is 20.7 Å². The Morgan fingerprint density at radius 2 is 1.93 bits per heavy atom. The molecule has 3 N–H and O–H groups in total. The third-order valence-electron chi connectivity index (χ3n) is 3.58. The van der Waals surface area contributed by atoms with Crippen LogP contribution in [0.4, 0.5) is 4.39 Å². The molecule has 2 amide bonds. The number of carbonyl (C=O) groups excluding carboxylic acids is 2. The van der Waals surface area contributed by atoms with E-state index in [-0.39, 0.29) is 24.4 Å². The van der Waals surface area contributed by atoms with E-state index in [4.69, 9.17) is 9.84 Å². The number of nitrogens with one attached hydrogen (secondary N) is 2. The number of halogens is 1. The van der Waals surface area contributed by atoms with Gasteiger partial charge in [-0.15, -0.1) is 9.24 Å². The van der Waals surface area contributed by atoms with Gasteiger partial charge in [0.2, 0.25) is 0 Å². The van der Waals surface area contributed by atoms with Crippen molar-refractivity contribution in [1.82, 2.24) is 10.6 Å². The fourth-order valence-corrected chi connectivity index (χ4v) is 2.61. The molecule has 0 saturated heterocycles. The van der Waals surface area contributed by atoms with E-state index in [1.54, 1.807) is 31.4 Å². The number of amides is 2. The molecule has 0 bridgehead atoms. The van der Waals surface area contributed by atoms with Gasteiger partial charge in [-0.3, -0.25) is 9.59 Å². The summed E-state index contributed by atoms with van der Waals surface area (Å²) in [6.45, 7) is -0.191. The summed E-state index contributed by atoms with van der Waals surface area (Å²) in [6, 6.07) is 10.6. The van der Waals surface area contributed by atoms with E-state index >= 15 is 0 Å². The van der Waals surface area contributed by atoms with Crippen molar-refractivity contribution in [3.63, 3.8) is 0 Å². The van der Waals surface area contributed by atoms with E-state index in [2.05, 4.69) is 19.9 Å². The molecule has 0 aliphatic rings. The summed E-state index contributed by atoms with van der Waals surface area (Å²) in [5.41, 5.74) is 0.875. The third-order valence-corrected chi connectivity index (χ3v) is 4.05. The first kappa shape index (κ1) is 20.6. The number of aliphatic hydroxyl groups is 1. The highest BCUT2D eigenvalue weighted by Crippen LogP contribution is 2.14. The second kappa shape index (κ2) is 9.80. The number of carbonyl (C=O) groups is 2. The monoisotopic (exact) mass is 390 g/mol. The summed E-state index contributed by atoms with van der Waals surface area (Å²) in [5.74, 6) is -0.924. The molecule has 0 saturated carbocycles. The van der Waals surface area contributed by atoms with Gasteiger partial charge in [-0.2, -0.15) is 0 Å². The second-order valence-corrected chi connectivity index (χ2v) is 6.12. The standard InChI is InChI=1S/C19H20FN2O4P/c1-26-14-5-2-12(3-6-14)10-16(19(25)21-8-9-23)22-18(24)15-7-4-13(20)11-17(15)27/h2-7,10-11,23H,8-9,27H2,1H3,(H,21,25)(H,22,24)/b16-10-. The van der Waals surface area contributed by atoms with Crippen molar-refractivity contribution in [2.45, 2.75) is 0 Å². The Morgan fingerprint density at radius 1 is 1.22 bits per heavy atom. The molecule has 2 rings (SSSR count). The van der Waals surface area contributed by atoms with Crippen LogP contribution in [0.5, 0.6) is 5.75 Å². The van der Waals surface area contributed by atoms with Gasteiger partial charge in [0.05, 0.1) is 13.7 Å². The number of aliphatic hydroxyl groups excluding tert-OH is 1. The van der Waals surface area contributed by atoms with E-state index in [1.165, 1.54) is 24.3 Å². The molecule has 2 aromatic rings. The van der Waals surface area contributed by atoms with Crippen molar-refractivity contribution in [3.8, 4) is 5.75 Å². The van der Waals surface area contributed by atoms with Gasteiger partial charge in [0.15, 0.2) is 0 Å². The predicted molar refractivity (Wildman–Crippen MR) is 104 cm³/mol. The normalized spacial score (nSPS) is 11.0. The molecular formula is C19H20FN2O4P. The number of methoxy groups -OCH3 is 1. The molecule has 142 valence electrons. The zero-order valence-corrected chi connectivity index (χ0v) is 15.8. The van der Waals surface area contributed by atoms with Gasteiger partial charge in [0.25, 0.3) is 11.8 Å². The highest BCUT2D eigenvalue weighted by atomic mass is 31.0. The van der Waals surface area contributed by atoms with Crippen molar-refractivity contribution in [2.24, 2.45) is 0 Å². The van der Waals surface area contributed by atoms with Crippen LogP contribution in [0.1, 0.15) is 15.9 Å². The third kappa shape index (κ3) is 5.88. The first-order valence-corrected chi connectivity index (χ1v) is 8.63. The van der Waals surface area contributed by atoms with Crippen molar-refractivity contribution in [3.05, 3.63) is 65.1 Å². The number of hydrogen-bond donors (Lipinski definition) is 3. The van der Waals surface area contributed by atoms with Gasteiger partial charge in [-0.1, -0.05) is 12.1 Å².